The first kappa shape index (κ1) is 19.8. The lowest BCUT2D eigenvalue weighted by Crippen LogP contribution is -2.38. The van der Waals surface area contributed by atoms with Crippen LogP contribution in [0.2, 0.25) is 0 Å². The smallest absolute Gasteiger partial charge is 0.375 e. The Kier molecular flexibility index (Phi) is 4.91. The summed E-state index contributed by atoms with van der Waals surface area (Å²) in [5, 5.41) is 2.55. The minimum atomic E-state index is -4.52. The van der Waals surface area contributed by atoms with E-state index >= 15 is 4.39 Å². The van der Waals surface area contributed by atoms with Crippen LogP contribution in [0.25, 0.3) is 10.9 Å². The van der Waals surface area contributed by atoms with Crippen LogP contribution >= 0.6 is 0 Å². The molecule has 2 aliphatic rings. The van der Waals surface area contributed by atoms with Gasteiger partial charge >= 0.3 is 11.9 Å². The van der Waals surface area contributed by atoms with Gasteiger partial charge in [-0.1, -0.05) is 24.0 Å². The minimum Gasteiger partial charge on any atom is -0.375 e. The lowest BCUT2D eigenvalue weighted by atomic mass is 9.86. The summed E-state index contributed by atoms with van der Waals surface area (Å²) in [6.07, 6.45) is -4.69. The summed E-state index contributed by atoms with van der Waals surface area (Å²) < 4.78 is 86.1. The summed E-state index contributed by atoms with van der Waals surface area (Å²) in [5.74, 6) is 4.24. The van der Waals surface area contributed by atoms with Crippen molar-refractivity contribution in [3.05, 3.63) is 63.8 Å². The van der Waals surface area contributed by atoms with E-state index in [9.17, 15) is 18.0 Å². The Balaban J connectivity index is 1.69. The van der Waals surface area contributed by atoms with Crippen LogP contribution in [-0.4, -0.2) is 42.0 Å². The van der Waals surface area contributed by atoms with Gasteiger partial charge in [0.05, 0.1) is 24.1 Å². The van der Waals surface area contributed by atoms with Gasteiger partial charge in [-0.05, 0) is 37.2 Å². The second-order valence-electron chi connectivity index (χ2n) is 8.45. The molecule has 2 aromatic carbocycles. The Hall–Kier alpha value is -3.42. The molecule has 3 heterocycles. The van der Waals surface area contributed by atoms with Gasteiger partial charge in [0.15, 0.2) is 5.82 Å². The highest BCUT2D eigenvalue weighted by Crippen LogP contribution is 2.43. The van der Waals surface area contributed by atoms with Gasteiger partial charge in [0.2, 0.25) is 0 Å². The van der Waals surface area contributed by atoms with Gasteiger partial charge < -0.3 is 15.0 Å². The number of hydrogen-bond donors (Lipinski definition) is 1. The molecule has 10 heteroatoms. The van der Waals surface area contributed by atoms with Crippen molar-refractivity contribution in [3.8, 4) is 11.8 Å². The van der Waals surface area contributed by atoms with Crippen molar-refractivity contribution in [2.45, 2.75) is 19.2 Å². The maximum absolute atomic E-state index is 15.2. The van der Waals surface area contributed by atoms with Crippen LogP contribution in [0.15, 0.2) is 41.2 Å². The molecule has 1 atom stereocenters. The zero-order chi connectivity index (χ0) is 27.3. The summed E-state index contributed by atoms with van der Waals surface area (Å²) in [7, 11) is 0. The standard InChI is InChI=1S/C25H22F4N4O2/c1-32-20-7-3-5-18(26)21(20)22(31-23(32)34)33-12-13-35-14-17-16(4-2-6-19(17)33)8-9-24(25(27,28)29)10-11-30-15-24/h2-7,30H,10-15H2,1H3/i1D3. The number of benzene rings is 2. The Bertz CT molecular complexity index is 1520. The number of hydrogen-bond acceptors (Lipinski definition) is 5. The summed E-state index contributed by atoms with van der Waals surface area (Å²) in [6, 6.07) is 8.56. The van der Waals surface area contributed by atoms with Gasteiger partial charge in [-0.2, -0.15) is 18.2 Å². The molecule has 1 saturated heterocycles. The molecule has 5 rings (SSSR count). The molecule has 35 heavy (non-hydrogen) atoms. The Labute approximate surface area is 202 Å². The highest BCUT2D eigenvalue weighted by molar-refractivity contribution is 5.92. The number of aryl methyl sites for hydroxylation is 1. The monoisotopic (exact) mass is 489 g/mol. The fourth-order valence-electron chi connectivity index (χ4n) is 4.48. The van der Waals surface area contributed by atoms with Crippen molar-refractivity contribution in [2.75, 3.05) is 31.1 Å². The number of nitrogens with zero attached hydrogens (tertiary/aromatic N) is 3. The summed E-state index contributed by atoms with van der Waals surface area (Å²) in [6.45, 7) is -2.76. The largest absolute Gasteiger partial charge is 0.406 e. The van der Waals surface area contributed by atoms with E-state index in [1.165, 1.54) is 17.0 Å². The second kappa shape index (κ2) is 8.66. The third kappa shape index (κ3) is 3.94. The molecule has 1 fully saturated rings. The third-order valence-corrected chi connectivity index (χ3v) is 6.39. The first-order chi connectivity index (χ1) is 17.9. The minimum absolute atomic E-state index is 0.0146. The number of alkyl halides is 3. The predicted octanol–water partition coefficient (Wildman–Crippen LogP) is 3.63. The van der Waals surface area contributed by atoms with Gasteiger partial charge in [0, 0.05) is 41.0 Å². The molecule has 0 spiro atoms. The molecule has 0 bridgehead atoms. The number of ether oxygens (including phenoxy) is 1. The van der Waals surface area contributed by atoms with E-state index in [1.54, 1.807) is 18.2 Å². The Morgan fingerprint density at radius 2 is 2.09 bits per heavy atom. The van der Waals surface area contributed by atoms with E-state index in [0.29, 0.717) is 21.4 Å². The molecular weight excluding hydrogens is 464 g/mol. The Morgan fingerprint density at radius 3 is 2.83 bits per heavy atom. The molecular formula is C25H22F4N4O2. The van der Waals surface area contributed by atoms with Gasteiger partial charge in [-0.15, -0.1) is 0 Å². The van der Waals surface area contributed by atoms with Gasteiger partial charge in [0.1, 0.15) is 11.2 Å². The highest BCUT2D eigenvalue weighted by atomic mass is 19.4. The number of rotatable bonds is 1. The highest BCUT2D eigenvalue weighted by Gasteiger charge is 2.55. The maximum atomic E-state index is 15.2. The number of nitrogens with one attached hydrogen (secondary N) is 1. The molecule has 182 valence electrons. The summed E-state index contributed by atoms with van der Waals surface area (Å²) in [4.78, 5) is 18.3. The van der Waals surface area contributed by atoms with Crippen molar-refractivity contribution in [1.29, 1.82) is 0 Å². The van der Waals surface area contributed by atoms with Gasteiger partial charge in [0.25, 0.3) is 0 Å². The molecule has 0 radical (unpaired) electrons. The molecule has 3 aromatic rings. The molecule has 1 unspecified atom stereocenters. The molecule has 1 N–H and O–H groups in total. The summed E-state index contributed by atoms with van der Waals surface area (Å²) >= 11 is 0. The lowest BCUT2D eigenvalue weighted by molar-refractivity contribution is -0.195. The van der Waals surface area contributed by atoms with E-state index < -0.39 is 30.1 Å². The van der Waals surface area contributed by atoms with Crippen molar-refractivity contribution >= 4 is 22.4 Å². The van der Waals surface area contributed by atoms with E-state index in [0.717, 1.165) is 6.07 Å². The van der Waals surface area contributed by atoms with E-state index in [4.69, 9.17) is 8.85 Å². The lowest BCUT2D eigenvalue weighted by Gasteiger charge is -2.26. The van der Waals surface area contributed by atoms with E-state index in [-0.39, 0.29) is 56.0 Å². The quantitative estimate of drug-likeness (QED) is 0.418. The second-order valence-corrected chi connectivity index (χ2v) is 8.45. The van der Waals surface area contributed by atoms with E-state index in [2.05, 4.69) is 22.1 Å². The Morgan fingerprint density at radius 1 is 1.26 bits per heavy atom. The molecule has 1 aromatic heterocycles. The fourth-order valence-corrected chi connectivity index (χ4v) is 4.48. The zero-order valence-electron chi connectivity index (χ0n) is 21.4. The number of anilines is 2. The van der Waals surface area contributed by atoms with Crippen LogP contribution in [0.3, 0.4) is 0 Å². The third-order valence-electron chi connectivity index (χ3n) is 6.39. The summed E-state index contributed by atoms with van der Waals surface area (Å²) in [5.41, 5.74) is -2.27. The molecule has 0 aliphatic carbocycles. The van der Waals surface area contributed by atoms with Crippen molar-refractivity contribution in [1.82, 2.24) is 14.9 Å². The van der Waals surface area contributed by atoms with Crippen LogP contribution in [-0.2, 0) is 18.3 Å². The van der Waals surface area contributed by atoms with Crippen LogP contribution in [0.1, 0.15) is 21.7 Å². The number of halogens is 4. The molecule has 0 saturated carbocycles. The van der Waals surface area contributed by atoms with Crippen molar-refractivity contribution in [2.24, 2.45) is 12.4 Å². The topological polar surface area (TPSA) is 59.4 Å². The first-order valence-electron chi connectivity index (χ1n) is 12.4. The fraction of sp³-hybridized carbons (Fsp3) is 0.360. The zero-order valence-corrected chi connectivity index (χ0v) is 18.4. The molecule has 6 nitrogen and oxygen atoms in total. The normalized spacial score (nSPS) is 21.9. The van der Waals surface area contributed by atoms with E-state index in [1.807, 2.05) is 0 Å². The van der Waals surface area contributed by atoms with Crippen LogP contribution < -0.4 is 15.9 Å². The predicted molar refractivity (Wildman–Crippen MR) is 123 cm³/mol. The molecule has 0 amide bonds. The van der Waals surface area contributed by atoms with Crippen LogP contribution in [0.4, 0.5) is 29.1 Å². The van der Waals surface area contributed by atoms with Gasteiger partial charge in [-0.25, -0.2) is 9.18 Å². The average molecular weight is 489 g/mol. The van der Waals surface area contributed by atoms with Crippen LogP contribution in [0, 0.1) is 23.1 Å². The van der Waals surface area contributed by atoms with Crippen molar-refractivity contribution in [3.63, 3.8) is 0 Å². The molecule has 2 aliphatic heterocycles. The van der Waals surface area contributed by atoms with Crippen molar-refractivity contribution < 1.29 is 26.4 Å². The number of fused-ring (bicyclic) bond motifs is 2. The first-order valence-corrected chi connectivity index (χ1v) is 10.9. The average Bonchev–Trinajstić information content (AvgIpc) is 3.22. The maximum Gasteiger partial charge on any atom is 0.406 e. The van der Waals surface area contributed by atoms with Crippen LogP contribution in [0.5, 0.6) is 0 Å². The number of aromatic nitrogens is 2. The SMILES string of the molecule is [2H]C([2H])([2H])n1c(=O)nc(N2CCOCc3c(C#CC4(C(F)(F)F)CCNC4)cccc32)c2c(F)cccc21. The van der Waals surface area contributed by atoms with Gasteiger partial charge in [-0.3, -0.25) is 4.57 Å².